The molecule has 0 saturated carbocycles. The molecule has 2 bridgehead atoms. The summed E-state index contributed by atoms with van der Waals surface area (Å²) >= 11 is 0. The number of rotatable bonds is 6. The van der Waals surface area contributed by atoms with Gasteiger partial charge in [-0.1, -0.05) is 12.1 Å². The quantitative estimate of drug-likeness (QED) is 0.614. The van der Waals surface area contributed by atoms with Crippen molar-refractivity contribution in [2.75, 3.05) is 26.7 Å². The zero-order chi connectivity index (χ0) is 25.6. The molecule has 190 valence electrons. The van der Waals surface area contributed by atoms with Crippen molar-refractivity contribution in [3.8, 4) is 6.07 Å². The minimum atomic E-state index is -3.84. The predicted molar refractivity (Wildman–Crippen MR) is 126 cm³/mol. The van der Waals surface area contributed by atoms with Gasteiger partial charge < -0.3 is 14.7 Å². The number of ether oxygens (including phenoxy) is 1. The third-order valence-corrected chi connectivity index (χ3v) is 8.01. The highest BCUT2D eigenvalue weighted by Crippen LogP contribution is 2.21. The smallest absolute Gasteiger partial charge is 0.242 e. The van der Waals surface area contributed by atoms with Gasteiger partial charge in [0.15, 0.2) is 0 Å². The van der Waals surface area contributed by atoms with Crippen molar-refractivity contribution in [2.24, 2.45) is 5.92 Å². The number of amides is 1. The van der Waals surface area contributed by atoms with Gasteiger partial charge in [0, 0.05) is 39.0 Å². The molecule has 1 N–H and O–H groups in total. The normalized spacial score (nSPS) is 21.0. The molecule has 12 heteroatoms. The second-order valence-electron chi connectivity index (χ2n) is 8.90. The Bertz CT molecular complexity index is 1140. The molecule has 0 unspecified atom stereocenters. The Labute approximate surface area is 205 Å². The zero-order valence-corrected chi connectivity index (χ0v) is 21.1. The van der Waals surface area contributed by atoms with Gasteiger partial charge in [-0.15, -0.1) is 5.10 Å². The number of hydrogen-bond acceptors (Lipinski definition) is 8. The number of aryl methyl sites for hydroxylation is 1. The lowest BCUT2D eigenvalue weighted by Gasteiger charge is -2.35. The van der Waals surface area contributed by atoms with Crippen molar-refractivity contribution in [1.82, 2.24) is 24.2 Å². The Kier molecular flexibility index (Phi) is 8.96. The van der Waals surface area contributed by atoms with Crippen LogP contribution in [0.2, 0.25) is 0 Å². The largest absolute Gasteiger partial charge is 0.394 e. The first-order valence-electron chi connectivity index (χ1n) is 11.5. The maximum Gasteiger partial charge on any atom is 0.242 e. The number of aliphatic hydroxyl groups is 1. The van der Waals surface area contributed by atoms with Crippen molar-refractivity contribution in [2.45, 2.75) is 56.9 Å². The van der Waals surface area contributed by atoms with Gasteiger partial charge in [0.2, 0.25) is 15.9 Å². The van der Waals surface area contributed by atoms with Crippen LogP contribution < -0.4 is 0 Å². The van der Waals surface area contributed by atoms with Gasteiger partial charge in [0.05, 0.1) is 48.1 Å². The summed E-state index contributed by atoms with van der Waals surface area (Å²) in [5.41, 5.74) is 0.987. The Hall–Kier alpha value is -2.85. The number of nitrogens with zero attached hydrogens (tertiary/aromatic N) is 6. The number of aromatic nitrogens is 3. The average molecular weight is 505 g/mol. The number of fused-ring (bicyclic) bond motifs is 2. The van der Waals surface area contributed by atoms with Crippen molar-refractivity contribution in [1.29, 1.82) is 5.26 Å². The second kappa shape index (κ2) is 11.7. The van der Waals surface area contributed by atoms with E-state index in [1.807, 2.05) is 13.0 Å². The van der Waals surface area contributed by atoms with E-state index in [1.165, 1.54) is 35.6 Å². The Balaban J connectivity index is 1.85. The molecule has 11 nitrogen and oxygen atoms in total. The molecule has 3 rings (SSSR count). The summed E-state index contributed by atoms with van der Waals surface area (Å²) < 4.78 is 35.3. The molecule has 0 aliphatic carbocycles. The lowest BCUT2D eigenvalue weighted by atomic mass is 10.0. The number of benzene rings is 1. The molecule has 2 heterocycles. The number of sulfonamides is 1. The topological polar surface area (TPSA) is 142 Å². The van der Waals surface area contributed by atoms with Gasteiger partial charge in [-0.25, -0.2) is 8.42 Å². The van der Waals surface area contributed by atoms with Crippen LogP contribution in [0.15, 0.2) is 35.4 Å². The van der Waals surface area contributed by atoms with Crippen molar-refractivity contribution < 1.29 is 23.1 Å². The monoisotopic (exact) mass is 504 g/mol. The first kappa shape index (κ1) is 26.7. The van der Waals surface area contributed by atoms with Gasteiger partial charge in [0.1, 0.15) is 5.69 Å². The number of carbonyl (C=O) groups is 1. The van der Waals surface area contributed by atoms with E-state index in [-0.39, 0.29) is 42.5 Å². The maximum absolute atomic E-state index is 13.2. The number of likely N-dealkylation sites (N-methyl/N-ethyl adjacent to an activating group) is 1. The summed E-state index contributed by atoms with van der Waals surface area (Å²) in [6.07, 6.45) is 2.07. The highest BCUT2D eigenvalue weighted by molar-refractivity contribution is 7.89. The molecule has 0 saturated heterocycles. The first-order chi connectivity index (χ1) is 16.6. The summed E-state index contributed by atoms with van der Waals surface area (Å²) in [7, 11) is -2.37. The van der Waals surface area contributed by atoms with Crippen LogP contribution in [0.1, 0.15) is 37.9 Å². The van der Waals surface area contributed by atoms with Gasteiger partial charge in [-0.05, 0) is 37.6 Å². The summed E-state index contributed by atoms with van der Waals surface area (Å²) in [5, 5.41) is 26.9. The standard InChI is InChI=1S/C23H32N6O5S/c1-17-12-29(18(2)15-30)23(31)5-4-10-28-13-20(25-26-28)16-34-22(17)14-27(3)35(32,33)21-8-6-19(11-24)7-9-21/h6-9,13,17-18,22,30H,4-5,10,12,14-16H2,1-3H3/t17-,18-,22+/m1/s1. The molecule has 0 spiro atoms. The number of carbonyl (C=O) groups excluding carboxylic acids is 1. The fraction of sp³-hybridized carbons (Fsp3) is 0.565. The number of hydrogen-bond donors (Lipinski definition) is 1. The van der Waals surface area contributed by atoms with E-state index in [1.54, 1.807) is 22.7 Å². The van der Waals surface area contributed by atoms with Crippen LogP contribution in [0, 0.1) is 17.2 Å². The fourth-order valence-corrected chi connectivity index (χ4v) is 5.11. The zero-order valence-electron chi connectivity index (χ0n) is 20.2. The second-order valence-corrected chi connectivity index (χ2v) is 10.9. The molecule has 1 aliphatic rings. The van der Waals surface area contributed by atoms with Crippen LogP contribution in [-0.2, 0) is 32.7 Å². The van der Waals surface area contributed by atoms with Gasteiger partial charge in [-0.2, -0.15) is 9.57 Å². The van der Waals surface area contributed by atoms with Crippen LogP contribution in [0.3, 0.4) is 0 Å². The van der Waals surface area contributed by atoms with Gasteiger partial charge >= 0.3 is 0 Å². The van der Waals surface area contributed by atoms with Crippen LogP contribution in [0.4, 0.5) is 0 Å². The van der Waals surface area contributed by atoms with Crippen LogP contribution in [0.5, 0.6) is 0 Å². The summed E-state index contributed by atoms with van der Waals surface area (Å²) in [6.45, 7) is 4.52. The third kappa shape index (κ3) is 6.64. The van der Waals surface area contributed by atoms with Crippen molar-refractivity contribution in [3.05, 3.63) is 41.7 Å². The van der Waals surface area contributed by atoms with E-state index >= 15 is 0 Å². The average Bonchev–Trinajstić information content (AvgIpc) is 3.31. The van der Waals surface area contributed by atoms with Crippen LogP contribution >= 0.6 is 0 Å². The Morgan fingerprint density at radius 1 is 1.34 bits per heavy atom. The van der Waals surface area contributed by atoms with Crippen LogP contribution in [0.25, 0.3) is 0 Å². The molecule has 3 atom stereocenters. The molecule has 1 aromatic carbocycles. The Morgan fingerprint density at radius 3 is 2.71 bits per heavy atom. The fourth-order valence-electron chi connectivity index (χ4n) is 3.93. The molecule has 1 aromatic heterocycles. The number of aliphatic hydroxyl groups excluding tert-OH is 1. The lowest BCUT2D eigenvalue weighted by molar-refractivity contribution is -0.136. The molecule has 1 amide bonds. The minimum Gasteiger partial charge on any atom is -0.394 e. The molecule has 0 radical (unpaired) electrons. The lowest BCUT2D eigenvalue weighted by Crippen LogP contribution is -2.47. The van der Waals surface area contributed by atoms with E-state index in [0.717, 1.165) is 0 Å². The summed E-state index contributed by atoms with van der Waals surface area (Å²) in [5.74, 6) is -0.336. The predicted octanol–water partition coefficient (Wildman–Crippen LogP) is 0.995. The van der Waals surface area contributed by atoms with Gasteiger partial charge in [0.25, 0.3) is 0 Å². The molecule has 0 fully saturated rings. The third-order valence-electron chi connectivity index (χ3n) is 6.17. The number of nitriles is 1. The Morgan fingerprint density at radius 2 is 2.06 bits per heavy atom. The van der Waals surface area contributed by atoms with E-state index in [4.69, 9.17) is 10.00 Å². The van der Waals surface area contributed by atoms with Gasteiger partial charge in [-0.3, -0.25) is 9.48 Å². The molecule has 35 heavy (non-hydrogen) atoms. The molecule has 2 aromatic rings. The highest BCUT2D eigenvalue weighted by atomic mass is 32.2. The first-order valence-corrected chi connectivity index (χ1v) is 13.0. The summed E-state index contributed by atoms with van der Waals surface area (Å²) in [4.78, 5) is 14.7. The highest BCUT2D eigenvalue weighted by Gasteiger charge is 2.31. The summed E-state index contributed by atoms with van der Waals surface area (Å²) in [6, 6.07) is 7.32. The van der Waals surface area contributed by atoms with Crippen LogP contribution in [-0.4, -0.2) is 82.5 Å². The SMILES string of the molecule is C[C@@H]1CN([C@H](C)CO)C(=O)CCCn2cc(nn2)CO[C@H]1CN(C)S(=O)(=O)c1ccc(C#N)cc1. The van der Waals surface area contributed by atoms with E-state index < -0.39 is 16.1 Å². The van der Waals surface area contributed by atoms with Crippen molar-refractivity contribution >= 4 is 15.9 Å². The molecule has 1 aliphatic heterocycles. The maximum atomic E-state index is 13.2. The minimum absolute atomic E-state index is 0.0349. The molecular weight excluding hydrogens is 472 g/mol. The van der Waals surface area contributed by atoms with Crippen molar-refractivity contribution in [3.63, 3.8) is 0 Å². The van der Waals surface area contributed by atoms with E-state index in [0.29, 0.717) is 37.2 Å². The van der Waals surface area contributed by atoms with E-state index in [2.05, 4.69) is 10.3 Å². The molecular formula is C23H32N6O5S. The van der Waals surface area contributed by atoms with E-state index in [9.17, 15) is 18.3 Å².